The van der Waals surface area contributed by atoms with Gasteiger partial charge < -0.3 is 10.5 Å². The number of methoxy groups -OCH3 is 1. The summed E-state index contributed by atoms with van der Waals surface area (Å²) in [6.07, 6.45) is 2.52. The van der Waals surface area contributed by atoms with E-state index >= 15 is 0 Å². The first-order valence-electron chi connectivity index (χ1n) is 6.21. The molecule has 1 aliphatic rings. The summed E-state index contributed by atoms with van der Waals surface area (Å²) in [5, 5.41) is 3.93. The molecule has 0 saturated heterocycles. The van der Waals surface area contributed by atoms with Crippen molar-refractivity contribution in [1.82, 2.24) is 14.5 Å². The van der Waals surface area contributed by atoms with Gasteiger partial charge in [0.2, 0.25) is 10.0 Å². The van der Waals surface area contributed by atoms with Gasteiger partial charge >= 0.3 is 0 Å². The molecule has 1 saturated carbocycles. The Labute approximate surface area is 113 Å². The minimum Gasteiger partial charge on any atom is -0.381 e. The number of rotatable bonds is 4. The number of sulfonamides is 1. The molecule has 1 heterocycles. The largest absolute Gasteiger partial charge is 0.381 e. The van der Waals surface area contributed by atoms with Crippen molar-refractivity contribution in [2.24, 2.45) is 7.05 Å². The first kappa shape index (κ1) is 14.3. The first-order valence-corrected chi connectivity index (χ1v) is 7.69. The van der Waals surface area contributed by atoms with Crippen molar-refractivity contribution in [3.63, 3.8) is 0 Å². The van der Waals surface area contributed by atoms with Crippen molar-refractivity contribution in [2.45, 2.75) is 43.2 Å². The predicted molar refractivity (Wildman–Crippen MR) is 71.1 cm³/mol. The summed E-state index contributed by atoms with van der Waals surface area (Å²) in [4.78, 5) is 0.0664. The zero-order valence-corrected chi connectivity index (χ0v) is 12.2. The van der Waals surface area contributed by atoms with Gasteiger partial charge in [-0.2, -0.15) is 5.10 Å². The molecular formula is C11H20N4O3S. The number of aryl methyl sites for hydroxylation is 1. The van der Waals surface area contributed by atoms with Gasteiger partial charge in [-0.25, -0.2) is 13.1 Å². The highest BCUT2D eigenvalue weighted by molar-refractivity contribution is 7.89. The maximum absolute atomic E-state index is 12.4. The highest BCUT2D eigenvalue weighted by Gasteiger charge is 2.33. The standard InChI is InChI=1S/C11H20N4O3S/c1-7-10(11(12)13-15(7)2)19(16,17)14-8-5-4-6-9(8)18-3/h8-9,14H,4-6H2,1-3H3,(H2,12,13). The van der Waals surface area contributed by atoms with E-state index in [9.17, 15) is 8.42 Å². The van der Waals surface area contributed by atoms with E-state index in [0.29, 0.717) is 5.69 Å². The molecule has 8 heteroatoms. The van der Waals surface area contributed by atoms with Gasteiger partial charge in [0.25, 0.3) is 0 Å². The summed E-state index contributed by atoms with van der Waals surface area (Å²) in [6, 6.07) is -0.200. The maximum atomic E-state index is 12.4. The summed E-state index contributed by atoms with van der Waals surface area (Å²) in [6.45, 7) is 1.68. The lowest BCUT2D eigenvalue weighted by molar-refractivity contribution is 0.0916. The molecule has 0 bridgehead atoms. The average Bonchev–Trinajstić information content (AvgIpc) is 2.84. The quantitative estimate of drug-likeness (QED) is 0.822. The summed E-state index contributed by atoms with van der Waals surface area (Å²) >= 11 is 0. The Morgan fingerprint density at radius 1 is 1.47 bits per heavy atom. The van der Waals surface area contributed by atoms with Gasteiger partial charge in [-0.05, 0) is 26.2 Å². The third-order valence-corrected chi connectivity index (χ3v) is 5.29. The lowest BCUT2D eigenvalue weighted by Gasteiger charge is -2.19. The Morgan fingerprint density at radius 2 is 2.16 bits per heavy atom. The number of nitrogens with zero attached hydrogens (tertiary/aromatic N) is 2. The van der Waals surface area contributed by atoms with E-state index in [4.69, 9.17) is 10.5 Å². The molecule has 0 amide bonds. The van der Waals surface area contributed by atoms with E-state index in [-0.39, 0.29) is 22.9 Å². The molecule has 7 nitrogen and oxygen atoms in total. The number of aromatic nitrogens is 2. The van der Waals surface area contributed by atoms with Gasteiger partial charge in [0.1, 0.15) is 4.90 Å². The zero-order valence-electron chi connectivity index (χ0n) is 11.4. The minimum atomic E-state index is -3.67. The van der Waals surface area contributed by atoms with E-state index in [1.165, 1.54) is 4.68 Å². The summed E-state index contributed by atoms with van der Waals surface area (Å²) in [7, 11) is -0.402. The van der Waals surface area contributed by atoms with Crippen molar-refractivity contribution in [1.29, 1.82) is 0 Å². The van der Waals surface area contributed by atoms with Gasteiger partial charge in [0.15, 0.2) is 5.82 Å². The summed E-state index contributed by atoms with van der Waals surface area (Å²) in [5.74, 6) is 0.0273. The molecule has 0 spiro atoms. The van der Waals surface area contributed by atoms with Crippen LogP contribution in [0.5, 0.6) is 0 Å². The van der Waals surface area contributed by atoms with Crippen molar-refractivity contribution < 1.29 is 13.2 Å². The Kier molecular flexibility index (Phi) is 3.84. The van der Waals surface area contributed by atoms with Crippen LogP contribution in [0.25, 0.3) is 0 Å². The molecule has 1 aromatic rings. The third kappa shape index (κ3) is 2.60. The number of nitrogens with two attached hydrogens (primary N) is 1. The fourth-order valence-corrected chi connectivity index (χ4v) is 4.17. The van der Waals surface area contributed by atoms with Crippen LogP contribution in [0, 0.1) is 6.92 Å². The van der Waals surface area contributed by atoms with Crippen LogP contribution in [0.1, 0.15) is 25.0 Å². The Balaban J connectivity index is 2.28. The number of nitrogen functional groups attached to an aromatic ring is 1. The van der Waals surface area contributed by atoms with Crippen LogP contribution in [0.3, 0.4) is 0 Å². The first-order chi connectivity index (χ1) is 8.86. The molecule has 1 aromatic heterocycles. The molecule has 2 atom stereocenters. The van der Waals surface area contributed by atoms with E-state index in [0.717, 1.165) is 19.3 Å². The maximum Gasteiger partial charge on any atom is 0.246 e. The molecule has 3 N–H and O–H groups in total. The number of nitrogens with one attached hydrogen (secondary N) is 1. The van der Waals surface area contributed by atoms with Crippen LogP contribution < -0.4 is 10.5 Å². The van der Waals surface area contributed by atoms with Gasteiger partial charge in [-0.3, -0.25) is 4.68 Å². The lowest BCUT2D eigenvalue weighted by atomic mass is 10.2. The van der Waals surface area contributed by atoms with Crippen LogP contribution >= 0.6 is 0 Å². The number of hydrogen-bond donors (Lipinski definition) is 2. The van der Waals surface area contributed by atoms with E-state index < -0.39 is 10.0 Å². The fourth-order valence-electron chi connectivity index (χ4n) is 2.55. The number of hydrogen-bond acceptors (Lipinski definition) is 5. The highest BCUT2D eigenvalue weighted by Crippen LogP contribution is 2.26. The highest BCUT2D eigenvalue weighted by atomic mass is 32.2. The zero-order chi connectivity index (χ0) is 14.2. The second-order valence-corrected chi connectivity index (χ2v) is 6.51. The lowest BCUT2D eigenvalue weighted by Crippen LogP contribution is -2.40. The van der Waals surface area contributed by atoms with Crippen molar-refractivity contribution in [2.75, 3.05) is 12.8 Å². The van der Waals surface area contributed by atoms with Crippen LogP contribution in [0.4, 0.5) is 5.82 Å². The summed E-state index contributed by atoms with van der Waals surface area (Å²) < 4.78 is 34.2. The number of anilines is 1. The smallest absolute Gasteiger partial charge is 0.246 e. The molecule has 2 rings (SSSR count). The van der Waals surface area contributed by atoms with E-state index in [1.807, 2.05) is 0 Å². The Bertz CT molecular complexity index is 567. The normalized spacial score (nSPS) is 23.9. The third-order valence-electron chi connectivity index (χ3n) is 3.63. The molecular weight excluding hydrogens is 268 g/mol. The van der Waals surface area contributed by atoms with Crippen LogP contribution in [-0.4, -0.2) is 37.5 Å². The minimum absolute atomic E-state index is 0.0273. The molecule has 1 fully saturated rings. The van der Waals surface area contributed by atoms with Crippen LogP contribution in [0.2, 0.25) is 0 Å². The molecule has 2 unspecified atom stereocenters. The number of ether oxygens (including phenoxy) is 1. The van der Waals surface area contributed by atoms with Gasteiger partial charge in [0, 0.05) is 20.2 Å². The van der Waals surface area contributed by atoms with E-state index in [2.05, 4.69) is 9.82 Å². The Hall–Kier alpha value is -1.12. The van der Waals surface area contributed by atoms with Crippen molar-refractivity contribution >= 4 is 15.8 Å². The van der Waals surface area contributed by atoms with Crippen LogP contribution in [0.15, 0.2) is 4.90 Å². The predicted octanol–water partition coefficient (Wildman–Crippen LogP) is 0.157. The molecule has 0 radical (unpaired) electrons. The van der Waals surface area contributed by atoms with Crippen LogP contribution in [-0.2, 0) is 21.8 Å². The van der Waals surface area contributed by atoms with Crippen molar-refractivity contribution in [3.8, 4) is 0 Å². The summed E-state index contributed by atoms with van der Waals surface area (Å²) in [5.41, 5.74) is 6.21. The molecule has 0 aromatic carbocycles. The molecule has 1 aliphatic carbocycles. The fraction of sp³-hybridized carbons (Fsp3) is 0.727. The monoisotopic (exact) mass is 288 g/mol. The topological polar surface area (TPSA) is 99.2 Å². The SMILES string of the molecule is COC1CCCC1NS(=O)(=O)c1c(N)nn(C)c1C. The second kappa shape index (κ2) is 5.10. The van der Waals surface area contributed by atoms with Gasteiger partial charge in [-0.1, -0.05) is 0 Å². The second-order valence-electron chi connectivity index (χ2n) is 4.86. The average molecular weight is 288 g/mol. The molecule has 0 aliphatic heterocycles. The Morgan fingerprint density at radius 3 is 2.68 bits per heavy atom. The van der Waals surface area contributed by atoms with Gasteiger partial charge in [0.05, 0.1) is 11.8 Å². The molecule has 19 heavy (non-hydrogen) atoms. The van der Waals surface area contributed by atoms with Crippen molar-refractivity contribution in [3.05, 3.63) is 5.69 Å². The van der Waals surface area contributed by atoms with E-state index in [1.54, 1.807) is 21.1 Å². The molecule has 108 valence electrons. The van der Waals surface area contributed by atoms with Gasteiger partial charge in [-0.15, -0.1) is 0 Å².